The fourth-order valence-corrected chi connectivity index (χ4v) is 10.0. The Balaban J connectivity index is 1.17. The number of hydrogen-bond acceptors (Lipinski definition) is 2. The van der Waals surface area contributed by atoms with Crippen LogP contribution in [-0.4, -0.2) is 9.97 Å². The summed E-state index contributed by atoms with van der Waals surface area (Å²) in [6.07, 6.45) is 0. The lowest BCUT2D eigenvalue weighted by Crippen LogP contribution is -2.11. The van der Waals surface area contributed by atoms with E-state index < -0.39 is 0 Å². The number of nitrogens with zero attached hydrogens (tertiary/aromatic N) is 2. The highest BCUT2D eigenvalue weighted by atomic mass is 14.8. The monoisotopic (exact) mass is 716 g/mol. The van der Waals surface area contributed by atoms with Gasteiger partial charge in [0.05, 0.1) is 11.0 Å². The molecule has 2 nitrogen and oxygen atoms in total. The molecule has 2 heteroatoms. The minimum atomic E-state index is 0.115. The molecule has 0 spiro atoms. The van der Waals surface area contributed by atoms with Gasteiger partial charge in [0.1, 0.15) is 0 Å². The first-order valence-electron chi connectivity index (χ1n) is 19.9. The summed E-state index contributed by atoms with van der Waals surface area (Å²) in [7, 11) is 0. The van der Waals surface area contributed by atoms with E-state index in [1.165, 1.54) is 66.8 Å². The third kappa shape index (κ3) is 5.02. The van der Waals surface area contributed by atoms with Crippen LogP contribution in [0.15, 0.2) is 182 Å². The average molecular weight is 717 g/mol. The van der Waals surface area contributed by atoms with Crippen LogP contribution in [0.3, 0.4) is 0 Å². The Bertz CT molecular complexity index is 2670. The van der Waals surface area contributed by atoms with E-state index >= 15 is 0 Å². The molecule has 11 rings (SSSR count). The van der Waals surface area contributed by atoms with Crippen molar-refractivity contribution in [2.45, 2.75) is 37.5 Å². The summed E-state index contributed by atoms with van der Waals surface area (Å²) in [5.41, 5.74) is 19.7. The van der Waals surface area contributed by atoms with Gasteiger partial charge < -0.3 is 0 Å². The molecule has 2 unspecified atom stereocenters. The number of rotatable bonds is 6. The van der Waals surface area contributed by atoms with Gasteiger partial charge in [-0.3, -0.25) is 9.97 Å². The van der Waals surface area contributed by atoms with E-state index in [9.17, 15) is 0 Å². The van der Waals surface area contributed by atoms with E-state index in [1.54, 1.807) is 0 Å². The van der Waals surface area contributed by atoms with Crippen LogP contribution >= 0.6 is 0 Å². The smallest absolute Gasteiger partial charge is 0.0974 e. The fourth-order valence-electron chi connectivity index (χ4n) is 10.0. The SMILES string of the molecule is CC(c1cc(-c2ccccc2)c2ccc3c(-c4ccccc4)cc(C(C)C4c5ccccc5-c5ccccc54)nc3c2n1)C1c2ccccc2-c2ccccc21. The minimum absolute atomic E-state index is 0.115. The summed E-state index contributed by atoms with van der Waals surface area (Å²) >= 11 is 0. The van der Waals surface area contributed by atoms with Gasteiger partial charge in [0, 0.05) is 45.8 Å². The molecule has 266 valence electrons. The van der Waals surface area contributed by atoms with Crippen LogP contribution in [0.5, 0.6) is 0 Å². The number of fused-ring (bicyclic) bond motifs is 9. The summed E-state index contributed by atoms with van der Waals surface area (Å²) in [6, 6.07) is 66.6. The zero-order valence-corrected chi connectivity index (χ0v) is 31.5. The molecule has 0 saturated carbocycles. The van der Waals surface area contributed by atoms with Crippen molar-refractivity contribution in [1.82, 2.24) is 9.97 Å². The van der Waals surface area contributed by atoms with Crippen molar-refractivity contribution in [2.75, 3.05) is 0 Å². The Morgan fingerprint density at radius 2 is 0.643 bits per heavy atom. The van der Waals surface area contributed by atoms with Gasteiger partial charge in [0.25, 0.3) is 0 Å². The molecular formula is C54H40N2. The lowest BCUT2D eigenvalue weighted by molar-refractivity contribution is 0.652. The Morgan fingerprint density at radius 1 is 0.339 bits per heavy atom. The Hall–Kier alpha value is -6.64. The van der Waals surface area contributed by atoms with E-state index in [0.29, 0.717) is 0 Å². The second-order valence-electron chi connectivity index (χ2n) is 15.7. The first-order valence-corrected chi connectivity index (χ1v) is 19.9. The number of benzene rings is 7. The van der Waals surface area contributed by atoms with Crippen LogP contribution in [0, 0.1) is 0 Å². The molecule has 0 aliphatic heterocycles. The predicted molar refractivity (Wildman–Crippen MR) is 232 cm³/mol. The highest BCUT2D eigenvalue weighted by molar-refractivity contribution is 6.12. The standard InChI is InChI=1S/C54H40N2/c1-33(51-41-25-13-9-21-37(41)38-22-10-14-26-42(38)51)49-31-47(35-17-5-3-6-18-35)45-29-30-46-48(36-19-7-4-8-20-36)32-50(56-54(46)53(45)55-49)34(2)52-43-27-15-11-23-39(43)40-24-12-16-28-44(40)52/h3-34,51-52H,1-2H3. The molecule has 0 saturated heterocycles. The van der Waals surface area contributed by atoms with E-state index in [0.717, 1.165) is 33.2 Å². The van der Waals surface area contributed by atoms with Gasteiger partial charge in [-0.05, 0) is 78.9 Å². The first kappa shape index (κ1) is 32.8. The lowest BCUT2D eigenvalue weighted by atomic mass is 9.81. The normalized spacial score (nSPS) is 14.3. The molecule has 7 aromatic carbocycles. The molecule has 9 aromatic rings. The second-order valence-corrected chi connectivity index (χ2v) is 15.7. The molecule has 2 aromatic heterocycles. The van der Waals surface area contributed by atoms with Crippen molar-refractivity contribution in [1.29, 1.82) is 0 Å². The van der Waals surface area contributed by atoms with E-state index in [4.69, 9.17) is 9.97 Å². The predicted octanol–water partition coefficient (Wildman–Crippen LogP) is 13.9. The molecular weight excluding hydrogens is 677 g/mol. The minimum Gasteiger partial charge on any atom is -0.250 e. The molecule has 0 bridgehead atoms. The quantitative estimate of drug-likeness (QED) is 0.160. The van der Waals surface area contributed by atoms with Crippen LogP contribution in [0.4, 0.5) is 0 Å². The Labute approximate surface area is 328 Å². The lowest BCUT2D eigenvalue weighted by Gasteiger charge is -2.24. The van der Waals surface area contributed by atoms with Gasteiger partial charge in [-0.1, -0.05) is 184 Å². The Morgan fingerprint density at radius 3 is 0.982 bits per heavy atom. The number of aromatic nitrogens is 2. The fraction of sp³-hybridized carbons (Fsp3) is 0.111. The molecule has 0 radical (unpaired) electrons. The average Bonchev–Trinajstić information content (AvgIpc) is 3.79. The largest absolute Gasteiger partial charge is 0.250 e. The molecule has 2 aliphatic rings. The van der Waals surface area contributed by atoms with Crippen molar-refractivity contribution >= 4 is 21.8 Å². The van der Waals surface area contributed by atoms with E-state index in [-0.39, 0.29) is 23.7 Å². The van der Waals surface area contributed by atoms with Crippen molar-refractivity contribution in [2.24, 2.45) is 0 Å². The third-order valence-electron chi connectivity index (χ3n) is 12.7. The maximum absolute atomic E-state index is 5.72. The molecule has 0 amide bonds. The summed E-state index contributed by atoms with van der Waals surface area (Å²) < 4.78 is 0. The van der Waals surface area contributed by atoms with Crippen LogP contribution < -0.4 is 0 Å². The second kappa shape index (κ2) is 13.0. The van der Waals surface area contributed by atoms with Gasteiger partial charge in [-0.15, -0.1) is 0 Å². The van der Waals surface area contributed by atoms with Gasteiger partial charge in [0.2, 0.25) is 0 Å². The number of pyridine rings is 2. The molecule has 0 N–H and O–H groups in total. The van der Waals surface area contributed by atoms with Crippen LogP contribution in [-0.2, 0) is 0 Å². The van der Waals surface area contributed by atoms with E-state index in [2.05, 4.69) is 196 Å². The maximum Gasteiger partial charge on any atom is 0.0974 e. The summed E-state index contributed by atoms with van der Waals surface area (Å²) in [6.45, 7) is 4.73. The van der Waals surface area contributed by atoms with Crippen molar-refractivity contribution in [3.05, 3.63) is 216 Å². The molecule has 2 atom stereocenters. The van der Waals surface area contributed by atoms with Crippen molar-refractivity contribution in [3.8, 4) is 44.5 Å². The number of hydrogen-bond donors (Lipinski definition) is 0. The summed E-state index contributed by atoms with van der Waals surface area (Å²) in [5.74, 6) is 0.613. The third-order valence-corrected chi connectivity index (χ3v) is 12.7. The highest BCUT2D eigenvalue weighted by Crippen LogP contribution is 2.53. The topological polar surface area (TPSA) is 25.8 Å². The van der Waals surface area contributed by atoms with Gasteiger partial charge in [-0.25, -0.2) is 0 Å². The molecule has 2 aliphatic carbocycles. The van der Waals surface area contributed by atoms with E-state index in [1.807, 2.05) is 0 Å². The molecule has 0 fully saturated rings. The zero-order chi connectivity index (χ0) is 37.3. The zero-order valence-electron chi connectivity index (χ0n) is 31.5. The van der Waals surface area contributed by atoms with Gasteiger partial charge >= 0.3 is 0 Å². The molecule has 56 heavy (non-hydrogen) atoms. The Kier molecular flexibility index (Phi) is 7.60. The van der Waals surface area contributed by atoms with Gasteiger partial charge in [-0.2, -0.15) is 0 Å². The van der Waals surface area contributed by atoms with Crippen LogP contribution in [0.25, 0.3) is 66.3 Å². The van der Waals surface area contributed by atoms with Gasteiger partial charge in [0.15, 0.2) is 0 Å². The summed E-state index contributed by atoms with van der Waals surface area (Å²) in [4.78, 5) is 11.4. The van der Waals surface area contributed by atoms with Crippen LogP contribution in [0.2, 0.25) is 0 Å². The maximum atomic E-state index is 5.72. The van der Waals surface area contributed by atoms with Crippen molar-refractivity contribution < 1.29 is 0 Å². The highest BCUT2D eigenvalue weighted by Gasteiger charge is 2.35. The molecule has 2 heterocycles. The first-order chi connectivity index (χ1) is 27.6. The van der Waals surface area contributed by atoms with Crippen LogP contribution in [0.1, 0.15) is 71.2 Å². The van der Waals surface area contributed by atoms with Crippen molar-refractivity contribution in [3.63, 3.8) is 0 Å². The summed E-state index contributed by atoms with van der Waals surface area (Å²) in [5, 5.41) is 2.25.